The molecule has 9 nitrogen and oxygen atoms in total. The van der Waals surface area contributed by atoms with Crippen molar-refractivity contribution in [2.24, 2.45) is 0 Å². The summed E-state index contributed by atoms with van der Waals surface area (Å²) >= 11 is 1.07. The number of aromatic nitrogens is 2. The lowest BCUT2D eigenvalue weighted by molar-refractivity contribution is -0.185. The van der Waals surface area contributed by atoms with Crippen LogP contribution in [0.4, 0.5) is 0 Å². The first-order valence-electron chi connectivity index (χ1n) is 11.8. The number of carbonyl (C=O) groups is 2. The lowest BCUT2D eigenvalue weighted by Gasteiger charge is -2.26. The van der Waals surface area contributed by atoms with Gasteiger partial charge in [0.05, 0.1) is 43.7 Å². The zero-order valence-corrected chi connectivity index (χ0v) is 21.7. The Morgan fingerprint density at radius 2 is 1.71 bits per heavy atom. The third kappa shape index (κ3) is 4.48. The van der Waals surface area contributed by atoms with E-state index in [1.165, 1.54) is 14.2 Å². The lowest BCUT2D eigenvalue weighted by Crippen LogP contribution is -2.29. The van der Waals surface area contributed by atoms with E-state index in [9.17, 15) is 14.7 Å². The Morgan fingerprint density at radius 1 is 0.974 bits per heavy atom. The highest BCUT2D eigenvalue weighted by atomic mass is 32.1. The van der Waals surface area contributed by atoms with Crippen molar-refractivity contribution < 1.29 is 33.6 Å². The van der Waals surface area contributed by atoms with Crippen LogP contribution in [-0.4, -0.2) is 46.6 Å². The number of nitrogens with zero attached hydrogens (tertiary/aromatic N) is 2. The van der Waals surface area contributed by atoms with Crippen molar-refractivity contribution >= 4 is 40.3 Å². The highest BCUT2D eigenvalue weighted by Gasteiger charge is 2.48. The second-order valence-electron chi connectivity index (χ2n) is 8.52. The molecule has 194 valence electrons. The minimum Gasteiger partial charge on any atom is -0.493 e. The van der Waals surface area contributed by atoms with Crippen LogP contribution < -0.4 is 9.47 Å². The zero-order chi connectivity index (χ0) is 26.9. The molecule has 2 heterocycles. The summed E-state index contributed by atoms with van der Waals surface area (Å²) in [6, 6.07) is 16.9. The summed E-state index contributed by atoms with van der Waals surface area (Å²) < 4.78 is 30.0. The molecule has 0 saturated heterocycles. The maximum Gasteiger partial charge on any atom is 0.342 e. The van der Waals surface area contributed by atoms with Gasteiger partial charge in [-0.1, -0.05) is 18.2 Å². The lowest BCUT2D eigenvalue weighted by atomic mass is 9.87. The molecular formula is C28H24N2O7S. The molecular weight excluding hydrogens is 508 g/mol. The standard InChI is InChI=1S/C28H24N2O7S/c1-4-36-26(31)17-7-5-16(6-8-17)13-20-25(18-9-11-21-22(14-18)30-38-29-21)27(32)37-28(20,33)19-10-12-23(34-2)24(15-19)35-3/h5-12,14-15,33H,4,13H2,1-3H3. The first-order chi connectivity index (χ1) is 18.4. The van der Waals surface area contributed by atoms with Crippen LogP contribution in [0, 0.1) is 0 Å². The van der Waals surface area contributed by atoms with E-state index in [2.05, 4.69) is 8.75 Å². The van der Waals surface area contributed by atoms with E-state index in [1.807, 2.05) is 0 Å². The highest BCUT2D eigenvalue weighted by molar-refractivity contribution is 7.00. The summed E-state index contributed by atoms with van der Waals surface area (Å²) in [6.07, 6.45) is 0.155. The molecule has 1 atom stereocenters. The number of carbonyl (C=O) groups excluding carboxylic acids is 2. The van der Waals surface area contributed by atoms with Crippen molar-refractivity contribution in [3.63, 3.8) is 0 Å². The van der Waals surface area contributed by atoms with Crippen LogP contribution in [0.15, 0.2) is 66.2 Å². The highest BCUT2D eigenvalue weighted by Crippen LogP contribution is 2.46. The summed E-state index contributed by atoms with van der Waals surface area (Å²) in [5, 5.41) is 12.0. The molecule has 1 unspecified atom stereocenters. The smallest absolute Gasteiger partial charge is 0.342 e. The van der Waals surface area contributed by atoms with Crippen molar-refractivity contribution in [3.8, 4) is 11.5 Å². The SMILES string of the molecule is CCOC(=O)c1ccc(CC2=C(c3ccc4nsnc4c3)C(=O)OC2(O)c2ccc(OC)c(OC)c2)cc1. The van der Waals surface area contributed by atoms with Crippen LogP contribution >= 0.6 is 11.7 Å². The third-order valence-electron chi connectivity index (χ3n) is 6.32. The van der Waals surface area contributed by atoms with Crippen LogP contribution in [-0.2, 0) is 26.5 Å². The molecule has 0 bridgehead atoms. The van der Waals surface area contributed by atoms with Crippen molar-refractivity contribution in [3.05, 3.63) is 88.5 Å². The van der Waals surface area contributed by atoms with E-state index in [0.717, 1.165) is 17.3 Å². The van der Waals surface area contributed by atoms with E-state index in [-0.39, 0.29) is 18.6 Å². The number of aliphatic hydroxyl groups is 1. The molecule has 1 aliphatic rings. The van der Waals surface area contributed by atoms with Crippen LogP contribution in [0.5, 0.6) is 11.5 Å². The van der Waals surface area contributed by atoms with E-state index in [0.29, 0.717) is 44.8 Å². The van der Waals surface area contributed by atoms with Crippen molar-refractivity contribution in [2.45, 2.75) is 19.1 Å². The Balaban J connectivity index is 1.64. The number of ether oxygens (including phenoxy) is 4. The third-order valence-corrected chi connectivity index (χ3v) is 6.88. The van der Waals surface area contributed by atoms with Gasteiger partial charge in [-0.3, -0.25) is 0 Å². The van der Waals surface area contributed by atoms with Crippen molar-refractivity contribution in [2.75, 3.05) is 20.8 Å². The molecule has 38 heavy (non-hydrogen) atoms. The molecule has 1 N–H and O–H groups in total. The molecule has 10 heteroatoms. The average molecular weight is 533 g/mol. The number of benzene rings is 3. The summed E-state index contributed by atoms with van der Waals surface area (Å²) in [5.41, 5.74) is 3.90. The Kier molecular flexibility index (Phi) is 6.83. The van der Waals surface area contributed by atoms with Crippen LogP contribution in [0.3, 0.4) is 0 Å². The molecule has 0 amide bonds. The number of hydrogen-bond acceptors (Lipinski definition) is 10. The fourth-order valence-corrected chi connectivity index (χ4v) is 4.95. The predicted octanol–water partition coefficient (Wildman–Crippen LogP) is 4.28. The van der Waals surface area contributed by atoms with Gasteiger partial charge >= 0.3 is 11.9 Å². The fraction of sp³-hybridized carbons (Fsp3) is 0.214. The molecule has 0 saturated carbocycles. The molecule has 3 aromatic carbocycles. The quantitative estimate of drug-likeness (QED) is 0.332. The van der Waals surface area contributed by atoms with Gasteiger partial charge in [-0.15, -0.1) is 0 Å². The van der Waals surface area contributed by atoms with Gasteiger partial charge in [0, 0.05) is 17.6 Å². The first kappa shape index (κ1) is 25.4. The first-order valence-corrected chi connectivity index (χ1v) is 12.5. The zero-order valence-electron chi connectivity index (χ0n) is 20.9. The van der Waals surface area contributed by atoms with Gasteiger partial charge in [-0.25, -0.2) is 9.59 Å². The maximum atomic E-state index is 13.3. The molecule has 5 rings (SSSR count). The second-order valence-corrected chi connectivity index (χ2v) is 9.05. The van der Waals surface area contributed by atoms with Gasteiger partial charge in [-0.05, 0) is 60.5 Å². The molecule has 0 radical (unpaired) electrons. The van der Waals surface area contributed by atoms with Gasteiger partial charge in [0.1, 0.15) is 11.0 Å². The Morgan fingerprint density at radius 3 is 2.42 bits per heavy atom. The normalized spacial score (nSPS) is 17.0. The van der Waals surface area contributed by atoms with Crippen molar-refractivity contribution in [1.82, 2.24) is 8.75 Å². The fourth-order valence-electron chi connectivity index (χ4n) is 4.43. The molecule has 0 spiro atoms. The topological polar surface area (TPSA) is 117 Å². The summed E-state index contributed by atoms with van der Waals surface area (Å²) in [6.45, 7) is 2.01. The van der Waals surface area contributed by atoms with Gasteiger partial charge < -0.3 is 24.1 Å². The largest absolute Gasteiger partial charge is 0.493 e. The average Bonchev–Trinajstić information content (AvgIpc) is 3.50. The molecule has 0 fully saturated rings. The number of methoxy groups -OCH3 is 2. The minimum atomic E-state index is -2.08. The number of fused-ring (bicyclic) bond motifs is 1. The van der Waals surface area contributed by atoms with Crippen LogP contribution in [0.1, 0.15) is 34.0 Å². The molecule has 1 aromatic heterocycles. The second kappa shape index (κ2) is 10.2. The molecule has 0 aliphatic carbocycles. The minimum absolute atomic E-state index is 0.155. The van der Waals surface area contributed by atoms with Gasteiger partial charge in [0.25, 0.3) is 5.79 Å². The number of esters is 2. The summed E-state index contributed by atoms with van der Waals surface area (Å²) in [7, 11) is 2.99. The van der Waals surface area contributed by atoms with Crippen LogP contribution in [0.2, 0.25) is 0 Å². The van der Waals surface area contributed by atoms with E-state index < -0.39 is 17.7 Å². The predicted molar refractivity (Wildman–Crippen MR) is 140 cm³/mol. The van der Waals surface area contributed by atoms with Gasteiger partial charge in [0.2, 0.25) is 0 Å². The number of cyclic esters (lactones) is 1. The number of hydrogen-bond donors (Lipinski definition) is 1. The molecule has 1 aliphatic heterocycles. The van der Waals surface area contributed by atoms with Gasteiger partial charge in [0.15, 0.2) is 11.5 Å². The maximum absolute atomic E-state index is 13.3. The molecule has 4 aromatic rings. The summed E-state index contributed by atoms with van der Waals surface area (Å²) in [5.74, 6) is -2.35. The number of rotatable bonds is 8. The Bertz CT molecular complexity index is 1560. The van der Waals surface area contributed by atoms with E-state index >= 15 is 0 Å². The van der Waals surface area contributed by atoms with Crippen molar-refractivity contribution in [1.29, 1.82) is 0 Å². The van der Waals surface area contributed by atoms with Crippen LogP contribution in [0.25, 0.3) is 16.6 Å². The van der Waals surface area contributed by atoms with Gasteiger partial charge in [-0.2, -0.15) is 8.75 Å². The summed E-state index contributed by atoms with van der Waals surface area (Å²) in [4.78, 5) is 25.4. The Labute approximate surface area is 222 Å². The van der Waals surface area contributed by atoms with E-state index in [4.69, 9.17) is 18.9 Å². The monoisotopic (exact) mass is 532 g/mol. The Hall–Kier alpha value is -4.28. The van der Waals surface area contributed by atoms with E-state index in [1.54, 1.807) is 67.6 Å².